The van der Waals surface area contributed by atoms with Crippen molar-refractivity contribution in [1.82, 2.24) is 0 Å². The summed E-state index contributed by atoms with van der Waals surface area (Å²) in [6.07, 6.45) is 3.09. The first-order valence-electron chi connectivity index (χ1n) is 6.09. The van der Waals surface area contributed by atoms with Crippen molar-refractivity contribution in [3.8, 4) is 0 Å². The summed E-state index contributed by atoms with van der Waals surface area (Å²) >= 11 is 0. The summed E-state index contributed by atoms with van der Waals surface area (Å²) in [6, 6.07) is 6.33. The molecule has 1 aromatic rings. The Bertz CT molecular complexity index is 442. The molecule has 3 nitrogen and oxygen atoms in total. The van der Waals surface area contributed by atoms with Gasteiger partial charge in [-0.1, -0.05) is 23.8 Å². The predicted molar refractivity (Wildman–Crippen MR) is 67.1 cm³/mol. The van der Waals surface area contributed by atoms with Gasteiger partial charge in [-0.15, -0.1) is 0 Å². The number of hydrogen-bond donors (Lipinski definition) is 2. The zero-order chi connectivity index (χ0) is 12.5. The molecule has 0 saturated carbocycles. The van der Waals surface area contributed by atoms with Gasteiger partial charge >= 0.3 is 5.97 Å². The highest BCUT2D eigenvalue weighted by Gasteiger charge is 2.37. The van der Waals surface area contributed by atoms with E-state index in [2.05, 4.69) is 18.2 Å². The summed E-state index contributed by atoms with van der Waals surface area (Å²) in [7, 11) is 0. The summed E-state index contributed by atoms with van der Waals surface area (Å²) in [4.78, 5) is 11.1. The fraction of sp³-hybridized carbons (Fsp3) is 0.500. The lowest BCUT2D eigenvalue weighted by Crippen LogP contribution is -2.40. The third-order valence-electron chi connectivity index (χ3n) is 3.82. The Kier molecular flexibility index (Phi) is 3.20. The molecule has 1 unspecified atom stereocenters. The van der Waals surface area contributed by atoms with Crippen LogP contribution in [-0.2, 0) is 16.6 Å². The lowest BCUT2D eigenvalue weighted by Gasteiger charge is -2.37. The largest absolute Gasteiger partial charge is 0.481 e. The Labute approximate surface area is 102 Å². The van der Waals surface area contributed by atoms with Gasteiger partial charge in [-0.05, 0) is 37.3 Å². The van der Waals surface area contributed by atoms with E-state index >= 15 is 0 Å². The number of carboxylic acids is 1. The van der Waals surface area contributed by atoms with Crippen molar-refractivity contribution >= 4 is 5.97 Å². The summed E-state index contributed by atoms with van der Waals surface area (Å²) in [5.74, 6) is -0.759. The number of carbonyl (C=O) groups is 1. The molecule has 0 aliphatic heterocycles. The second-order valence-corrected chi connectivity index (χ2v) is 5.07. The van der Waals surface area contributed by atoms with Crippen molar-refractivity contribution in [3.05, 3.63) is 34.9 Å². The molecule has 3 heteroatoms. The molecule has 1 atom stereocenters. The van der Waals surface area contributed by atoms with Gasteiger partial charge in [0.2, 0.25) is 0 Å². The van der Waals surface area contributed by atoms with Crippen LogP contribution >= 0.6 is 0 Å². The molecule has 1 aliphatic rings. The van der Waals surface area contributed by atoms with Crippen molar-refractivity contribution in [1.29, 1.82) is 0 Å². The maximum absolute atomic E-state index is 11.1. The highest BCUT2D eigenvalue weighted by Crippen LogP contribution is 2.39. The molecule has 0 heterocycles. The second-order valence-electron chi connectivity index (χ2n) is 5.07. The van der Waals surface area contributed by atoms with E-state index < -0.39 is 5.97 Å². The van der Waals surface area contributed by atoms with Gasteiger partial charge in [0.1, 0.15) is 0 Å². The average molecular weight is 233 g/mol. The van der Waals surface area contributed by atoms with Crippen LogP contribution in [0.1, 0.15) is 36.0 Å². The molecule has 3 N–H and O–H groups in total. The van der Waals surface area contributed by atoms with Gasteiger partial charge in [0.05, 0.1) is 6.42 Å². The Morgan fingerprint density at radius 3 is 2.94 bits per heavy atom. The van der Waals surface area contributed by atoms with E-state index in [1.54, 1.807) is 0 Å². The molecule has 0 saturated heterocycles. The minimum Gasteiger partial charge on any atom is -0.481 e. The minimum absolute atomic E-state index is 0.139. The monoisotopic (exact) mass is 233 g/mol. The van der Waals surface area contributed by atoms with Crippen molar-refractivity contribution in [2.75, 3.05) is 6.54 Å². The van der Waals surface area contributed by atoms with Crippen LogP contribution in [0.2, 0.25) is 0 Å². The van der Waals surface area contributed by atoms with E-state index in [4.69, 9.17) is 10.8 Å². The second kappa shape index (κ2) is 4.49. The normalized spacial score (nSPS) is 23.2. The van der Waals surface area contributed by atoms with E-state index in [9.17, 15) is 4.79 Å². The minimum atomic E-state index is -0.759. The average Bonchev–Trinajstić information content (AvgIpc) is 2.29. The molecule has 1 aromatic carbocycles. The van der Waals surface area contributed by atoms with E-state index in [0.717, 1.165) is 24.8 Å². The number of fused-ring (bicyclic) bond motifs is 1. The first kappa shape index (κ1) is 12.1. The summed E-state index contributed by atoms with van der Waals surface area (Å²) in [6.45, 7) is 2.45. The van der Waals surface area contributed by atoms with Crippen LogP contribution in [0, 0.1) is 6.92 Å². The van der Waals surface area contributed by atoms with Gasteiger partial charge in [0, 0.05) is 12.0 Å². The predicted octanol–water partition coefficient (Wildman–Crippen LogP) is 2.00. The number of aryl methyl sites for hydroxylation is 2. The smallest absolute Gasteiger partial charge is 0.304 e. The molecule has 0 amide bonds. The SMILES string of the molecule is Cc1ccc2c(c1)C(CN)(CC(=O)O)CCC2. The van der Waals surface area contributed by atoms with Gasteiger partial charge in [-0.25, -0.2) is 0 Å². The van der Waals surface area contributed by atoms with E-state index in [0.29, 0.717) is 6.54 Å². The summed E-state index contributed by atoms with van der Waals surface area (Å²) in [5.41, 5.74) is 9.14. The quantitative estimate of drug-likeness (QED) is 0.839. The van der Waals surface area contributed by atoms with Crippen LogP contribution in [0.15, 0.2) is 18.2 Å². The molecule has 0 spiro atoms. The number of benzene rings is 1. The molecule has 0 radical (unpaired) electrons. The molecule has 0 fully saturated rings. The Morgan fingerprint density at radius 2 is 2.29 bits per heavy atom. The highest BCUT2D eigenvalue weighted by atomic mass is 16.4. The Balaban J connectivity index is 2.49. The fourth-order valence-electron chi connectivity index (χ4n) is 2.91. The van der Waals surface area contributed by atoms with Gasteiger partial charge in [0.25, 0.3) is 0 Å². The molecule has 17 heavy (non-hydrogen) atoms. The lowest BCUT2D eigenvalue weighted by molar-refractivity contribution is -0.138. The molecule has 0 aromatic heterocycles. The first-order chi connectivity index (χ1) is 8.07. The maximum Gasteiger partial charge on any atom is 0.304 e. The van der Waals surface area contributed by atoms with Crippen LogP contribution in [0.3, 0.4) is 0 Å². The molecule has 1 aliphatic carbocycles. The van der Waals surface area contributed by atoms with Gasteiger partial charge in [0.15, 0.2) is 0 Å². The van der Waals surface area contributed by atoms with Crippen molar-refractivity contribution in [2.24, 2.45) is 5.73 Å². The molecule has 2 rings (SSSR count). The molecule has 92 valence electrons. The van der Waals surface area contributed by atoms with Crippen LogP contribution in [-0.4, -0.2) is 17.6 Å². The van der Waals surface area contributed by atoms with Crippen LogP contribution < -0.4 is 5.73 Å². The molecule has 0 bridgehead atoms. The van der Waals surface area contributed by atoms with Gasteiger partial charge in [-0.2, -0.15) is 0 Å². The lowest BCUT2D eigenvalue weighted by atomic mass is 9.67. The maximum atomic E-state index is 11.1. The van der Waals surface area contributed by atoms with E-state index in [1.165, 1.54) is 11.1 Å². The molecular weight excluding hydrogens is 214 g/mol. The van der Waals surface area contributed by atoms with Crippen molar-refractivity contribution in [2.45, 2.75) is 38.0 Å². The van der Waals surface area contributed by atoms with Crippen LogP contribution in [0.4, 0.5) is 0 Å². The third-order valence-corrected chi connectivity index (χ3v) is 3.82. The molecular formula is C14H19NO2. The first-order valence-corrected chi connectivity index (χ1v) is 6.09. The number of carboxylic acid groups (broad SMARTS) is 1. The number of hydrogen-bond acceptors (Lipinski definition) is 2. The summed E-state index contributed by atoms with van der Waals surface area (Å²) < 4.78 is 0. The Morgan fingerprint density at radius 1 is 1.53 bits per heavy atom. The van der Waals surface area contributed by atoms with E-state index in [-0.39, 0.29) is 11.8 Å². The third kappa shape index (κ3) is 2.20. The number of nitrogens with two attached hydrogens (primary N) is 1. The van der Waals surface area contributed by atoms with Crippen LogP contribution in [0.5, 0.6) is 0 Å². The van der Waals surface area contributed by atoms with E-state index in [1.807, 2.05) is 6.92 Å². The van der Waals surface area contributed by atoms with Crippen molar-refractivity contribution in [3.63, 3.8) is 0 Å². The highest BCUT2D eigenvalue weighted by molar-refractivity contribution is 5.69. The zero-order valence-corrected chi connectivity index (χ0v) is 10.2. The van der Waals surface area contributed by atoms with Crippen molar-refractivity contribution < 1.29 is 9.90 Å². The van der Waals surface area contributed by atoms with Gasteiger partial charge in [-0.3, -0.25) is 4.79 Å². The number of rotatable bonds is 3. The van der Waals surface area contributed by atoms with Crippen LogP contribution in [0.25, 0.3) is 0 Å². The Hall–Kier alpha value is -1.35. The standard InChI is InChI=1S/C14H19NO2/c1-10-4-5-11-3-2-6-14(9-15,8-13(16)17)12(11)7-10/h4-5,7H,2-3,6,8-9,15H2,1H3,(H,16,17). The number of aliphatic carboxylic acids is 1. The zero-order valence-electron chi connectivity index (χ0n) is 10.2. The fourth-order valence-corrected chi connectivity index (χ4v) is 2.91. The van der Waals surface area contributed by atoms with Gasteiger partial charge < -0.3 is 10.8 Å². The summed E-state index contributed by atoms with van der Waals surface area (Å²) in [5, 5.41) is 9.10. The topological polar surface area (TPSA) is 63.3 Å².